The molecular formula is C14H20N2O4S2. The van der Waals surface area contributed by atoms with Crippen LogP contribution in [0.2, 0.25) is 0 Å². The first-order chi connectivity index (χ1) is 10.2. The average Bonchev–Trinajstić information content (AvgIpc) is 3.17. The van der Waals surface area contributed by atoms with Crippen LogP contribution in [0.4, 0.5) is 5.69 Å². The van der Waals surface area contributed by atoms with Crippen molar-refractivity contribution in [1.82, 2.24) is 4.72 Å². The van der Waals surface area contributed by atoms with Gasteiger partial charge in [0.05, 0.1) is 11.2 Å². The van der Waals surface area contributed by atoms with E-state index in [2.05, 4.69) is 9.44 Å². The van der Waals surface area contributed by atoms with Gasteiger partial charge in [-0.15, -0.1) is 0 Å². The highest BCUT2D eigenvalue weighted by Gasteiger charge is 2.46. The van der Waals surface area contributed by atoms with Gasteiger partial charge in [-0.2, -0.15) is 0 Å². The number of fused-ring (bicyclic) bond motifs is 1. The summed E-state index contributed by atoms with van der Waals surface area (Å²) in [4.78, 5) is 0.161. The topological polar surface area (TPSA) is 92.3 Å². The molecule has 0 heterocycles. The summed E-state index contributed by atoms with van der Waals surface area (Å²) >= 11 is 0. The fraction of sp³-hybridized carbons (Fsp3) is 0.571. The van der Waals surface area contributed by atoms with Crippen LogP contribution in [0.5, 0.6) is 0 Å². The van der Waals surface area contributed by atoms with Crippen LogP contribution < -0.4 is 9.44 Å². The Kier molecular flexibility index (Phi) is 3.94. The Morgan fingerprint density at radius 1 is 1.05 bits per heavy atom. The van der Waals surface area contributed by atoms with Gasteiger partial charge in [0.15, 0.2) is 0 Å². The van der Waals surface area contributed by atoms with Crippen LogP contribution >= 0.6 is 0 Å². The molecule has 0 saturated heterocycles. The summed E-state index contributed by atoms with van der Waals surface area (Å²) in [7, 11) is -6.92. The largest absolute Gasteiger partial charge is 0.284 e. The molecule has 0 amide bonds. The molecule has 0 radical (unpaired) electrons. The zero-order valence-electron chi connectivity index (χ0n) is 12.3. The molecule has 3 atom stereocenters. The van der Waals surface area contributed by atoms with Crippen molar-refractivity contribution in [3.05, 3.63) is 24.3 Å². The number of benzene rings is 1. The molecule has 2 aliphatic rings. The number of sulfonamides is 2. The van der Waals surface area contributed by atoms with E-state index in [4.69, 9.17) is 0 Å². The van der Waals surface area contributed by atoms with Crippen molar-refractivity contribution < 1.29 is 16.8 Å². The lowest BCUT2D eigenvalue weighted by Crippen LogP contribution is -2.38. The van der Waals surface area contributed by atoms with Gasteiger partial charge in [0.1, 0.15) is 0 Å². The van der Waals surface area contributed by atoms with Gasteiger partial charge in [-0.3, -0.25) is 4.72 Å². The lowest BCUT2D eigenvalue weighted by molar-refractivity contribution is 0.391. The number of anilines is 1. The third-order valence-corrected chi connectivity index (χ3v) is 6.47. The first kappa shape index (κ1) is 15.8. The maximum atomic E-state index is 12.4. The quantitative estimate of drug-likeness (QED) is 0.847. The molecule has 6 nitrogen and oxygen atoms in total. The maximum absolute atomic E-state index is 12.4. The van der Waals surface area contributed by atoms with E-state index in [1.54, 1.807) is 0 Å². The van der Waals surface area contributed by atoms with Crippen LogP contribution in [0.25, 0.3) is 0 Å². The fourth-order valence-corrected chi connectivity index (χ4v) is 5.13. The van der Waals surface area contributed by atoms with Crippen molar-refractivity contribution in [1.29, 1.82) is 0 Å². The minimum absolute atomic E-state index is 0.0394. The Balaban J connectivity index is 1.72. The van der Waals surface area contributed by atoms with Gasteiger partial charge in [-0.25, -0.2) is 21.6 Å². The molecule has 2 aliphatic carbocycles. The first-order valence-corrected chi connectivity index (χ1v) is 10.7. The van der Waals surface area contributed by atoms with E-state index in [0.29, 0.717) is 17.5 Å². The predicted molar refractivity (Wildman–Crippen MR) is 84.5 cm³/mol. The van der Waals surface area contributed by atoms with Gasteiger partial charge in [0, 0.05) is 11.7 Å². The summed E-state index contributed by atoms with van der Waals surface area (Å²) in [6, 6.07) is 5.79. The third kappa shape index (κ3) is 3.61. The molecule has 1 aromatic carbocycles. The smallest absolute Gasteiger partial charge is 0.240 e. The van der Waals surface area contributed by atoms with E-state index in [1.165, 1.54) is 30.7 Å². The first-order valence-electron chi connectivity index (χ1n) is 7.35. The SMILES string of the molecule is CS(=O)(=O)Nc1ccc(S(=O)(=O)NC2CCCC3CC32)cc1. The van der Waals surface area contributed by atoms with Crippen molar-refractivity contribution in [2.24, 2.45) is 11.8 Å². The van der Waals surface area contributed by atoms with E-state index < -0.39 is 20.0 Å². The maximum Gasteiger partial charge on any atom is 0.240 e. The van der Waals surface area contributed by atoms with Gasteiger partial charge in [-0.1, -0.05) is 12.8 Å². The molecule has 0 aromatic heterocycles. The minimum Gasteiger partial charge on any atom is -0.284 e. The number of nitrogens with one attached hydrogen (secondary N) is 2. The Bertz CT molecular complexity index is 757. The molecule has 0 aliphatic heterocycles. The average molecular weight is 344 g/mol. The molecule has 22 heavy (non-hydrogen) atoms. The minimum atomic E-state index is -3.55. The second-order valence-corrected chi connectivity index (χ2v) is 9.68. The second-order valence-electron chi connectivity index (χ2n) is 6.22. The molecule has 0 bridgehead atoms. The molecule has 8 heteroatoms. The standard InChI is InChI=1S/C14H20N2O4S2/c1-21(17,18)15-11-5-7-12(8-6-11)22(19,20)16-14-4-2-3-10-9-13(10)14/h5-8,10,13-16H,2-4,9H2,1H3. The highest BCUT2D eigenvalue weighted by atomic mass is 32.2. The summed E-state index contributed by atoms with van der Waals surface area (Å²) in [6.45, 7) is 0. The van der Waals surface area contributed by atoms with Crippen LogP contribution in [-0.2, 0) is 20.0 Å². The number of hydrogen-bond donors (Lipinski definition) is 2. The molecule has 3 rings (SSSR count). The van der Waals surface area contributed by atoms with Crippen molar-refractivity contribution in [2.45, 2.75) is 36.6 Å². The summed E-state index contributed by atoms with van der Waals surface area (Å²) in [5.41, 5.74) is 0.348. The van der Waals surface area contributed by atoms with Gasteiger partial charge >= 0.3 is 0 Å². The van der Waals surface area contributed by atoms with Crippen molar-refractivity contribution in [3.8, 4) is 0 Å². The fourth-order valence-electron chi connectivity index (χ4n) is 3.24. The Labute approximate surface area is 131 Å². The Morgan fingerprint density at radius 2 is 1.73 bits per heavy atom. The molecule has 1 aromatic rings. The molecule has 2 fully saturated rings. The summed E-state index contributed by atoms with van der Waals surface area (Å²) < 4.78 is 52.2. The molecule has 122 valence electrons. The zero-order valence-corrected chi connectivity index (χ0v) is 14.0. The summed E-state index contributed by atoms with van der Waals surface area (Å²) in [6.07, 6.45) is 5.37. The van der Waals surface area contributed by atoms with E-state index >= 15 is 0 Å². The van der Waals surface area contributed by atoms with Crippen molar-refractivity contribution in [3.63, 3.8) is 0 Å². The second kappa shape index (κ2) is 5.50. The third-order valence-electron chi connectivity index (χ3n) is 4.36. The lowest BCUT2D eigenvalue weighted by atomic mass is 9.96. The molecular weight excluding hydrogens is 324 g/mol. The van der Waals surface area contributed by atoms with Gasteiger partial charge in [-0.05, 0) is 48.9 Å². The molecule has 0 spiro atoms. The van der Waals surface area contributed by atoms with E-state index in [0.717, 1.165) is 25.5 Å². The monoisotopic (exact) mass is 344 g/mol. The van der Waals surface area contributed by atoms with Crippen LogP contribution in [-0.4, -0.2) is 29.1 Å². The Morgan fingerprint density at radius 3 is 2.36 bits per heavy atom. The summed E-state index contributed by atoms with van der Waals surface area (Å²) in [5, 5.41) is 0. The highest BCUT2D eigenvalue weighted by molar-refractivity contribution is 7.92. The van der Waals surface area contributed by atoms with Gasteiger partial charge in [0.25, 0.3) is 0 Å². The number of hydrogen-bond acceptors (Lipinski definition) is 4. The van der Waals surface area contributed by atoms with Crippen LogP contribution in [0, 0.1) is 11.8 Å². The molecule has 2 saturated carbocycles. The lowest BCUT2D eigenvalue weighted by Gasteiger charge is -2.22. The van der Waals surface area contributed by atoms with Crippen LogP contribution in [0.3, 0.4) is 0 Å². The number of rotatable bonds is 5. The van der Waals surface area contributed by atoms with Crippen molar-refractivity contribution in [2.75, 3.05) is 11.0 Å². The van der Waals surface area contributed by atoms with Crippen LogP contribution in [0.1, 0.15) is 25.7 Å². The normalized spacial score (nSPS) is 28.0. The highest BCUT2D eigenvalue weighted by Crippen LogP contribution is 2.49. The molecule has 2 N–H and O–H groups in total. The van der Waals surface area contributed by atoms with E-state index in [9.17, 15) is 16.8 Å². The van der Waals surface area contributed by atoms with E-state index in [-0.39, 0.29) is 10.9 Å². The Hall–Kier alpha value is -1.12. The summed E-state index contributed by atoms with van der Waals surface area (Å²) in [5.74, 6) is 1.19. The zero-order chi connectivity index (χ0) is 16.0. The van der Waals surface area contributed by atoms with Crippen molar-refractivity contribution >= 4 is 25.7 Å². The predicted octanol–water partition coefficient (Wildman–Crippen LogP) is 1.52. The van der Waals surface area contributed by atoms with Gasteiger partial charge in [0.2, 0.25) is 20.0 Å². The van der Waals surface area contributed by atoms with E-state index in [1.807, 2.05) is 0 Å². The van der Waals surface area contributed by atoms with Gasteiger partial charge < -0.3 is 0 Å². The molecule has 3 unspecified atom stereocenters. The van der Waals surface area contributed by atoms with Crippen LogP contribution in [0.15, 0.2) is 29.2 Å².